The Hall–Kier alpha value is -2.80. The maximum absolute atomic E-state index is 12.2. The minimum absolute atomic E-state index is 0.0456. The summed E-state index contributed by atoms with van der Waals surface area (Å²) in [4.78, 5) is 12.2. The van der Waals surface area contributed by atoms with E-state index in [1.54, 1.807) is 6.08 Å². The zero-order valence-electron chi connectivity index (χ0n) is 15.6. The highest BCUT2D eigenvalue weighted by molar-refractivity contribution is 6.02. The van der Waals surface area contributed by atoms with Crippen LogP contribution in [0.1, 0.15) is 42.8 Å². The van der Waals surface area contributed by atoms with Gasteiger partial charge in [-0.3, -0.25) is 4.79 Å². The van der Waals surface area contributed by atoms with Crippen molar-refractivity contribution in [3.63, 3.8) is 0 Å². The molecule has 1 aromatic heterocycles. The SMILES string of the molecule is CC[C@H](C)NC(=O)/C(C#N)=C/c1cc(C)n(-c2ccc(C)cc2)c1C. The van der Waals surface area contributed by atoms with Crippen LogP contribution in [0.2, 0.25) is 0 Å². The molecule has 0 spiro atoms. The van der Waals surface area contributed by atoms with Crippen LogP contribution in [0, 0.1) is 32.1 Å². The molecule has 0 radical (unpaired) electrons. The van der Waals surface area contributed by atoms with E-state index >= 15 is 0 Å². The maximum atomic E-state index is 12.2. The molecule has 25 heavy (non-hydrogen) atoms. The van der Waals surface area contributed by atoms with Gasteiger partial charge < -0.3 is 9.88 Å². The number of nitriles is 1. The third-order valence-corrected chi connectivity index (χ3v) is 4.42. The standard InChI is InChI=1S/C21H25N3O/c1-6-15(3)23-21(25)19(13-22)12-18-11-16(4)24(17(18)5)20-9-7-14(2)8-10-20/h7-12,15H,6H2,1-5H3,(H,23,25)/b19-12+/t15-/m0/s1. The molecular formula is C21H25N3O. The van der Waals surface area contributed by atoms with Crippen LogP contribution in [-0.4, -0.2) is 16.5 Å². The molecule has 2 rings (SSSR count). The van der Waals surface area contributed by atoms with Crippen LogP contribution in [-0.2, 0) is 4.79 Å². The van der Waals surface area contributed by atoms with Gasteiger partial charge >= 0.3 is 0 Å². The lowest BCUT2D eigenvalue weighted by atomic mass is 10.1. The molecule has 1 N–H and O–H groups in total. The highest BCUT2D eigenvalue weighted by Crippen LogP contribution is 2.23. The number of aryl methyl sites for hydroxylation is 2. The normalized spacial score (nSPS) is 12.6. The van der Waals surface area contributed by atoms with E-state index in [-0.39, 0.29) is 17.5 Å². The molecule has 0 aliphatic heterocycles. The van der Waals surface area contributed by atoms with Crippen molar-refractivity contribution in [2.45, 2.75) is 47.1 Å². The Morgan fingerprint density at radius 1 is 1.28 bits per heavy atom. The summed E-state index contributed by atoms with van der Waals surface area (Å²) < 4.78 is 2.13. The third kappa shape index (κ3) is 4.19. The lowest BCUT2D eigenvalue weighted by Gasteiger charge is -2.11. The highest BCUT2D eigenvalue weighted by atomic mass is 16.1. The Balaban J connectivity index is 2.40. The first kappa shape index (κ1) is 18.5. The molecule has 130 valence electrons. The Kier molecular flexibility index (Phi) is 5.82. The van der Waals surface area contributed by atoms with Crippen LogP contribution in [0.5, 0.6) is 0 Å². The Labute approximate surface area is 149 Å². The number of aromatic nitrogens is 1. The van der Waals surface area contributed by atoms with Crippen LogP contribution in [0.25, 0.3) is 11.8 Å². The molecule has 0 saturated carbocycles. The van der Waals surface area contributed by atoms with Crippen molar-refractivity contribution < 1.29 is 4.79 Å². The van der Waals surface area contributed by atoms with Crippen molar-refractivity contribution in [2.75, 3.05) is 0 Å². The Morgan fingerprint density at radius 2 is 1.92 bits per heavy atom. The van der Waals surface area contributed by atoms with E-state index in [2.05, 4.69) is 41.1 Å². The van der Waals surface area contributed by atoms with Gasteiger partial charge in [-0.25, -0.2) is 0 Å². The van der Waals surface area contributed by atoms with Crippen molar-refractivity contribution >= 4 is 12.0 Å². The summed E-state index contributed by atoms with van der Waals surface area (Å²) in [6.07, 6.45) is 2.50. The fraction of sp³-hybridized carbons (Fsp3) is 0.333. The van der Waals surface area contributed by atoms with Gasteiger partial charge in [0.15, 0.2) is 0 Å². The van der Waals surface area contributed by atoms with Gasteiger partial charge in [0.2, 0.25) is 0 Å². The van der Waals surface area contributed by atoms with Gasteiger partial charge in [-0.05, 0) is 64.0 Å². The zero-order chi connectivity index (χ0) is 18.6. The average Bonchev–Trinajstić information content (AvgIpc) is 2.87. The Morgan fingerprint density at radius 3 is 2.48 bits per heavy atom. The van der Waals surface area contributed by atoms with E-state index in [0.29, 0.717) is 0 Å². The first-order valence-corrected chi connectivity index (χ1v) is 8.56. The lowest BCUT2D eigenvalue weighted by Crippen LogP contribution is -2.32. The quantitative estimate of drug-likeness (QED) is 0.657. The van der Waals surface area contributed by atoms with E-state index in [0.717, 1.165) is 29.1 Å². The summed E-state index contributed by atoms with van der Waals surface area (Å²) in [5.41, 5.74) is 5.36. The van der Waals surface area contributed by atoms with Crippen molar-refractivity contribution in [1.82, 2.24) is 9.88 Å². The van der Waals surface area contributed by atoms with Crippen molar-refractivity contribution in [1.29, 1.82) is 5.26 Å². The van der Waals surface area contributed by atoms with Crippen molar-refractivity contribution in [2.24, 2.45) is 0 Å². The average molecular weight is 335 g/mol. The molecule has 0 aliphatic carbocycles. The number of carbonyl (C=O) groups excluding carboxylic acids is 1. The van der Waals surface area contributed by atoms with E-state index in [1.165, 1.54) is 5.56 Å². The maximum Gasteiger partial charge on any atom is 0.262 e. The van der Waals surface area contributed by atoms with Gasteiger partial charge in [-0.2, -0.15) is 5.26 Å². The molecular weight excluding hydrogens is 310 g/mol. The Bertz CT molecular complexity index is 835. The lowest BCUT2D eigenvalue weighted by molar-refractivity contribution is -0.117. The molecule has 4 nitrogen and oxygen atoms in total. The van der Waals surface area contributed by atoms with Crippen LogP contribution in [0.4, 0.5) is 0 Å². The van der Waals surface area contributed by atoms with Crippen LogP contribution < -0.4 is 5.32 Å². The number of nitrogens with one attached hydrogen (secondary N) is 1. The molecule has 0 unspecified atom stereocenters. The predicted molar refractivity (Wildman–Crippen MR) is 101 cm³/mol. The summed E-state index contributed by atoms with van der Waals surface area (Å²) in [6, 6.07) is 12.4. The molecule has 1 aromatic carbocycles. The molecule has 0 bridgehead atoms. The fourth-order valence-corrected chi connectivity index (χ4v) is 2.73. The summed E-state index contributed by atoms with van der Waals surface area (Å²) in [6.45, 7) is 10.0. The molecule has 0 saturated heterocycles. The molecule has 0 fully saturated rings. The molecule has 2 aromatic rings. The minimum atomic E-state index is -0.322. The number of benzene rings is 1. The van der Waals surface area contributed by atoms with Crippen molar-refractivity contribution in [3.8, 4) is 11.8 Å². The molecule has 4 heteroatoms. The number of nitrogens with zero attached hydrogens (tertiary/aromatic N) is 2. The van der Waals surface area contributed by atoms with Gasteiger partial charge in [0.05, 0.1) is 0 Å². The second kappa shape index (κ2) is 7.85. The van der Waals surface area contributed by atoms with Gasteiger partial charge in [-0.1, -0.05) is 24.6 Å². The molecule has 1 atom stereocenters. The number of rotatable bonds is 5. The predicted octanol–water partition coefficient (Wildman–Crippen LogP) is 4.22. The van der Waals surface area contributed by atoms with Crippen LogP contribution in [0.3, 0.4) is 0 Å². The number of hydrogen-bond acceptors (Lipinski definition) is 2. The van der Waals surface area contributed by atoms with Crippen molar-refractivity contribution in [3.05, 3.63) is 58.4 Å². The van der Waals surface area contributed by atoms with Gasteiger partial charge in [0.25, 0.3) is 5.91 Å². The van der Waals surface area contributed by atoms with Gasteiger partial charge in [0, 0.05) is 23.1 Å². The van der Waals surface area contributed by atoms with Crippen LogP contribution >= 0.6 is 0 Å². The van der Waals surface area contributed by atoms with Gasteiger partial charge in [0.1, 0.15) is 11.6 Å². The number of amides is 1. The summed E-state index contributed by atoms with van der Waals surface area (Å²) >= 11 is 0. The highest BCUT2D eigenvalue weighted by Gasteiger charge is 2.14. The zero-order valence-corrected chi connectivity index (χ0v) is 15.6. The molecule has 1 amide bonds. The first-order chi connectivity index (χ1) is 11.9. The minimum Gasteiger partial charge on any atom is -0.349 e. The summed E-state index contributed by atoms with van der Waals surface area (Å²) in [5.74, 6) is -0.322. The van der Waals surface area contributed by atoms with E-state index in [9.17, 15) is 10.1 Å². The monoisotopic (exact) mass is 335 g/mol. The first-order valence-electron chi connectivity index (χ1n) is 8.56. The number of hydrogen-bond donors (Lipinski definition) is 1. The molecule has 1 heterocycles. The second-order valence-corrected chi connectivity index (χ2v) is 6.45. The number of carbonyl (C=O) groups is 1. The van der Waals surface area contributed by atoms with Gasteiger partial charge in [-0.15, -0.1) is 0 Å². The third-order valence-electron chi connectivity index (χ3n) is 4.42. The molecule has 0 aliphatic rings. The topological polar surface area (TPSA) is 57.8 Å². The summed E-state index contributed by atoms with van der Waals surface area (Å²) in [7, 11) is 0. The smallest absolute Gasteiger partial charge is 0.262 e. The summed E-state index contributed by atoms with van der Waals surface area (Å²) in [5, 5.41) is 12.2. The van der Waals surface area contributed by atoms with E-state index in [1.807, 2.05) is 39.8 Å². The second-order valence-electron chi connectivity index (χ2n) is 6.45. The van der Waals surface area contributed by atoms with Crippen LogP contribution in [0.15, 0.2) is 35.9 Å². The largest absolute Gasteiger partial charge is 0.349 e. The van der Waals surface area contributed by atoms with E-state index in [4.69, 9.17) is 0 Å². The van der Waals surface area contributed by atoms with E-state index < -0.39 is 0 Å². The fourth-order valence-electron chi connectivity index (χ4n) is 2.73.